The molecule has 120 valence electrons. The van der Waals surface area contributed by atoms with Crippen LogP contribution in [0.15, 0.2) is 0 Å². The number of carbonyl (C=O) groups excluding carboxylic acids is 1. The van der Waals surface area contributed by atoms with Crippen molar-refractivity contribution < 1.29 is 14.7 Å². The number of nitrogens with zero attached hydrogens (tertiary/aromatic N) is 1. The summed E-state index contributed by atoms with van der Waals surface area (Å²) in [6, 6.07) is -0.0604. The zero-order valence-electron chi connectivity index (χ0n) is 13.3. The lowest BCUT2D eigenvalue weighted by Crippen LogP contribution is -2.51. The fourth-order valence-electron chi connectivity index (χ4n) is 3.93. The molecule has 0 aromatic heterocycles. The Hall–Kier alpha value is -1.26. The first-order valence-electron chi connectivity index (χ1n) is 8.21. The van der Waals surface area contributed by atoms with E-state index < -0.39 is 11.9 Å². The van der Waals surface area contributed by atoms with Gasteiger partial charge in [0.05, 0.1) is 5.92 Å². The summed E-state index contributed by atoms with van der Waals surface area (Å²) in [5.41, 5.74) is 0. The molecular weight excluding hydrogens is 268 g/mol. The van der Waals surface area contributed by atoms with Crippen LogP contribution in [0.1, 0.15) is 52.9 Å². The van der Waals surface area contributed by atoms with Gasteiger partial charge in [-0.1, -0.05) is 26.7 Å². The summed E-state index contributed by atoms with van der Waals surface area (Å²) in [6.45, 7) is 6.82. The number of amides is 2. The highest BCUT2D eigenvalue weighted by Crippen LogP contribution is 2.31. The van der Waals surface area contributed by atoms with E-state index in [4.69, 9.17) is 5.11 Å². The van der Waals surface area contributed by atoms with Crippen molar-refractivity contribution in [3.05, 3.63) is 0 Å². The Morgan fingerprint density at radius 3 is 2.43 bits per heavy atom. The topological polar surface area (TPSA) is 69.6 Å². The van der Waals surface area contributed by atoms with Gasteiger partial charge in [-0.25, -0.2) is 4.79 Å². The summed E-state index contributed by atoms with van der Waals surface area (Å²) in [5, 5.41) is 12.3. The number of carbonyl (C=O) groups is 2. The number of urea groups is 1. The quantitative estimate of drug-likeness (QED) is 0.841. The molecule has 2 rings (SSSR count). The minimum absolute atomic E-state index is 0.0798. The second-order valence-electron chi connectivity index (χ2n) is 6.92. The Kier molecular flexibility index (Phi) is 5.12. The van der Waals surface area contributed by atoms with Gasteiger partial charge in [0.15, 0.2) is 0 Å². The van der Waals surface area contributed by atoms with Crippen molar-refractivity contribution in [1.29, 1.82) is 0 Å². The van der Waals surface area contributed by atoms with Crippen LogP contribution in [-0.4, -0.2) is 40.6 Å². The van der Waals surface area contributed by atoms with E-state index >= 15 is 0 Å². The van der Waals surface area contributed by atoms with Gasteiger partial charge in [0.2, 0.25) is 0 Å². The maximum absolute atomic E-state index is 12.5. The van der Waals surface area contributed by atoms with Gasteiger partial charge >= 0.3 is 12.0 Å². The number of nitrogens with one attached hydrogen (secondary N) is 1. The molecule has 0 aromatic rings. The second kappa shape index (κ2) is 6.67. The van der Waals surface area contributed by atoms with Crippen LogP contribution in [0.4, 0.5) is 4.79 Å². The van der Waals surface area contributed by atoms with Crippen molar-refractivity contribution in [2.24, 2.45) is 17.8 Å². The van der Waals surface area contributed by atoms with Crippen molar-refractivity contribution in [3.63, 3.8) is 0 Å². The monoisotopic (exact) mass is 296 g/mol. The van der Waals surface area contributed by atoms with Crippen molar-refractivity contribution >= 4 is 12.0 Å². The number of rotatable bonds is 3. The zero-order chi connectivity index (χ0) is 15.6. The van der Waals surface area contributed by atoms with E-state index in [9.17, 15) is 9.59 Å². The molecule has 1 aliphatic carbocycles. The Bertz CT molecular complexity index is 397. The molecular formula is C16H28N2O3. The second-order valence-corrected chi connectivity index (χ2v) is 6.92. The highest BCUT2D eigenvalue weighted by molar-refractivity contribution is 5.78. The van der Waals surface area contributed by atoms with E-state index in [1.165, 1.54) is 19.3 Å². The molecule has 0 aromatic carbocycles. The minimum Gasteiger partial charge on any atom is -0.481 e. The molecule has 0 radical (unpaired) electrons. The fraction of sp³-hybridized carbons (Fsp3) is 0.875. The van der Waals surface area contributed by atoms with E-state index in [0.717, 1.165) is 6.42 Å². The Labute approximate surface area is 127 Å². The highest BCUT2D eigenvalue weighted by Gasteiger charge is 2.39. The van der Waals surface area contributed by atoms with Crippen LogP contribution in [-0.2, 0) is 4.79 Å². The number of hydrogen-bond donors (Lipinski definition) is 2. The average molecular weight is 296 g/mol. The summed E-state index contributed by atoms with van der Waals surface area (Å²) in [4.78, 5) is 25.3. The molecule has 0 spiro atoms. The largest absolute Gasteiger partial charge is 0.481 e. The average Bonchev–Trinajstić information content (AvgIpc) is 2.81. The third-order valence-corrected chi connectivity index (χ3v) is 5.32. The molecule has 4 atom stereocenters. The molecule has 2 amide bonds. The third-order valence-electron chi connectivity index (χ3n) is 5.32. The molecule has 2 N–H and O–H groups in total. The smallest absolute Gasteiger partial charge is 0.317 e. The summed E-state index contributed by atoms with van der Waals surface area (Å²) >= 11 is 0. The fourth-order valence-corrected chi connectivity index (χ4v) is 3.93. The summed E-state index contributed by atoms with van der Waals surface area (Å²) in [5.74, 6) is -0.118. The SMILES string of the molecule is CC(C)C1CCCCC1NC(=O)N1CCC(C(=O)O)C1C. The van der Waals surface area contributed by atoms with Crippen molar-refractivity contribution in [2.75, 3.05) is 6.54 Å². The van der Waals surface area contributed by atoms with Gasteiger partial charge in [-0.2, -0.15) is 0 Å². The first kappa shape index (κ1) is 16.1. The molecule has 21 heavy (non-hydrogen) atoms. The minimum atomic E-state index is -0.796. The zero-order valence-corrected chi connectivity index (χ0v) is 13.3. The van der Waals surface area contributed by atoms with Gasteiger partial charge in [-0.15, -0.1) is 0 Å². The predicted molar refractivity (Wildman–Crippen MR) is 81.0 cm³/mol. The van der Waals surface area contributed by atoms with Crippen LogP contribution >= 0.6 is 0 Å². The molecule has 2 fully saturated rings. The van der Waals surface area contributed by atoms with Gasteiger partial charge in [-0.05, 0) is 38.0 Å². The van der Waals surface area contributed by atoms with Gasteiger partial charge in [0, 0.05) is 18.6 Å². The van der Waals surface area contributed by atoms with Crippen LogP contribution in [0.25, 0.3) is 0 Å². The van der Waals surface area contributed by atoms with Crippen molar-refractivity contribution in [1.82, 2.24) is 10.2 Å². The number of carboxylic acids is 1. The molecule has 5 heteroatoms. The number of likely N-dealkylation sites (tertiary alicyclic amines) is 1. The molecule has 1 aliphatic heterocycles. The van der Waals surface area contributed by atoms with Crippen LogP contribution in [0.5, 0.6) is 0 Å². The Balaban J connectivity index is 1.96. The maximum atomic E-state index is 12.5. The molecule has 4 unspecified atom stereocenters. The Morgan fingerprint density at radius 1 is 1.19 bits per heavy atom. The molecule has 5 nitrogen and oxygen atoms in total. The highest BCUT2D eigenvalue weighted by atomic mass is 16.4. The summed E-state index contributed by atoms with van der Waals surface area (Å²) in [6.07, 6.45) is 5.19. The molecule has 1 heterocycles. The van der Waals surface area contributed by atoms with Gasteiger partial charge in [0.25, 0.3) is 0 Å². The van der Waals surface area contributed by atoms with E-state index in [2.05, 4.69) is 19.2 Å². The molecule has 1 saturated carbocycles. The maximum Gasteiger partial charge on any atom is 0.317 e. The van der Waals surface area contributed by atoms with E-state index in [0.29, 0.717) is 24.8 Å². The van der Waals surface area contributed by atoms with Crippen LogP contribution in [0.3, 0.4) is 0 Å². The van der Waals surface area contributed by atoms with Crippen LogP contribution < -0.4 is 5.32 Å². The van der Waals surface area contributed by atoms with Gasteiger partial charge in [0.1, 0.15) is 0 Å². The van der Waals surface area contributed by atoms with Crippen LogP contribution in [0, 0.1) is 17.8 Å². The lowest BCUT2D eigenvalue weighted by atomic mass is 9.78. The van der Waals surface area contributed by atoms with Crippen molar-refractivity contribution in [2.45, 2.75) is 65.0 Å². The van der Waals surface area contributed by atoms with Crippen molar-refractivity contribution in [3.8, 4) is 0 Å². The number of carboxylic acid groups (broad SMARTS) is 1. The van der Waals surface area contributed by atoms with Gasteiger partial charge in [-0.3, -0.25) is 4.79 Å². The van der Waals surface area contributed by atoms with E-state index in [-0.39, 0.29) is 18.1 Å². The first-order valence-corrected chi connectivity index (χ1v) is 8.21. The molecule has 1 saturated heterocycles. The first-order chi connectivity index (χ1) is 9.91. The third kappa shape index (κ3) is 3.50. The lowest BCUT2D eigenvalue weighted by molar-refractivity contribution is -0.142. The normalized spacial score (nSPS) is 33.2. The van der Waals surface area contributed by atoms with E-state index in [1.54, 1.807) is 4.90 Å². The number of hydrogen-bond acceptors (Lipinski definition) is 2. The Morgan fingerprint density at radius 2 is 1.86 bits per heavy atom. The number of aliphatic carboxylic acids is 1. The molecule has 2 aliphatic rings. The standard InChI is InChI=1S/C16H28N2O3/c1-10(2)12-6-4-5-7-14(12)17-16(21)18-9-8-13(11(18)3)15(19)20/h10-14H,4-9H2,1-3H3,(H,17,21)(H,19,20). The van der Waals surface area contributed by atoms with Gasteiger partial charge < -0.3 is 15.3 Å². The molecule has 0 bridgehead atoms. The lowest BCUT2D eigenvalue weighted by Gasteiger charge is -2.36. The van der Waals surface area contributed by atoms with E-state index in [1.807, 2.05) is 6.92 Å². The predicted octanol–water partition coefficient (Wildman–Crippen LogP) is 2.71. The summed E-state index contributed by atoms with van der Waals surface area (Å²) < 4.78 is 0. The summed E-state index contributed by atoms with van der Waals surface area (Å²) in [7, 11) is 0. The van der Waals surface area contributed by atoms with Crippen LogP contribution in [0.2, 0.25) is 0 Å².